The molecule has 0 fully saturated rings. The molecule has 0 unspecified atom stereocenters. The fourth-order valence-corrected chi connectivity index (χ4v) is 2.17. The number of aldehydes is 1. The van der Waals surface area contributed by atoms with Crippen molar-refractivity contribution in [1.29, 1.82) is 5.26 Å². The van der Waals surface area contributed by atoms with Gasteiger partial charge in [-0.3, -0.25) is 4.79 Å². The standard InChI is InChI=1S/C15H13NO2/c1-18-13-7-6-11-4-5-12(10-17)14(3-2-8-16)15(11)9-13/h2-3,6-7,9-10H,4-5H2,1H3/b3-2+. The van der Waals surface area contributed by atoms with E-state index in [1.54, 1.807) is 13.2 Å². The van der Waals surface area contributed by atoms with Crippen LogP contribution in [-0.2, 0) is 11.2 Å². The van der Waals surface area contributed by atoms with E-state index in [2.05, 4.69) is 0 Å². The maximum Gasteiger partial charge on any atom is 0.146 e. The molecule has 0 bridgehead atoms. The van der Waals surface area contributed by atoms with Crippen molar-refractivity contribution < 1.29 is 9.53 Å². The lowest BCUT2D eigenvalue weighted by molar-refractivity contribution is -0.105. The van der Waals surface area contributed by atoms with Crippen LogP contribution in [0.25, 0.3) is 5.57 Å². The summed E-state index contributed by atoms with van der Waals surface area (Å²) in [7, 11) is 1.61. The van der Waals surface area contributed by atoms with Crippen molar-refractivity contribution in [3.05, 3.63) is 47.1 Å². The highest BCUT2D eigenvalue weighted by atomic mass is 16.5. The quantitative estimate of drug-likeness (QED) is 0.602. The maximum absolute atomic E-state index is 11.1. The van der Waals surface area contributed by atoms with Gasteiger partial charge in [-0.05, 0) is 47.8 Å². The molecule has 1 aliphatic rings. The predicted octanol–water partition coefficient (Wildman–Crippen LogP) is 2.67. The lowest BCUT2D eigenvalue weighted by Crippen LogP contribution is -2.05. The molecule has 0 spiro atoms. The molecule has 0 heterocycles. The molecule has 3 nitrogen and oxygen atoms in total. The Bertz CT molecular complexity index is 577. The zero-order valence-electron chi connectivity index (χ0n) is 10.1. The van der Waals surface area contributed by atoms with E-state index < -0.39 is 0 Å². The van der Waals surface area contributed by atoms with Gasteiger partial charge in [-0.25, -0.2) is 0 Å². The third-order valence-corrected chi connectivity index (χ3v) is 3.08. The minimum Gasteiger partial charge on any atom is -0.497 e. The van der Waals surface area contributed by atoms with Gasteiger partial charge in [0, 0.05) is 11.6 Å². The van der Waals surface area contributed by atoms with E-state index in [0.29, 0.717) is 6.42 Å². The predicted molar refractivity (Wildman–Crippen MR) is 69.1 cm³/mol. The van der Waals surface area contributed by atoms with E-state index in [0.717, 1.165) is 35.2 Å². The Hall–Kier alpha value is -2.34. The Morgan fingerprint density at radius 1 is 1.39 bits per heavy atom. The molecule has 0 aliphatic heterocycles. The summed E-state index contributed by atoms with van der Waals surface area (Å²) >= 11 is 0. The van der Waals surface area contributed by atoms with Gasteiger partial charge in [-0.1, -0.05) is 6.07 Å². The van der Waals surface area contributed by atoms with Gasteiger partial charge in [0.05, 0.1) is 13.2 Å². The smallest absolute Gasteiger partial charge is 0.146 e. The number of aryl methyl sites for hydroxylation is 1. The highest BCUT2D eigenvalue weighted by Gasteiger charge is 2.17. The average Bonchev–Trinajstić information content (AvgIpc) is 2.43. The number of hydrogen-bond donors (Lipinski definition) is 0. The molecular formula is C15H13NO2. The molecule has 18 heavy (non-hydrogen) atoms. The first-order chi connectivity index (χ1) is 8.80. The van der Waals surface area contributed by atoms with Crippen molar-refractivity contribution in [2.75, 3.05) is 7.11 Å². The van der Waals surface area contributed by atoms with Crippen LogP contribution in [0.4, 0.5) is 0 Å². The van der Waals surface area contributed by atoms with Gasteiger partial charge in [0.1, 0.15) is 12.0 Å². The fraction of sp³-hybridized carbons (Fsp3) is 0.200. The van der Waals surface area contributed by atoms with Gasteiger partial charge in [0.25, 0.3) is 0 Å². The molecule has 0 amide bonds. The van der Waals surface area contributed by atoms with E-state index in [-0.39, 0.29) is 0 Å². The minimum absolute atomic E-state index is 0.716. The second-order valence-corrected chi connectivity index (χ2v) is 4.04. The fourth-order valence-electron chi connectivity index (χ4n) is 2.17. The summed E-state index contributed by atoms with van der Waals surface area (Å²) in [6.45, 7) is 0. The molecule has 3 heteroatoms. The number of hydrogen-bond acceptors (Lipinski definition) is 3. The number of rotatable bonds is 3. The highest BCUT2D eigenvalue weighted by molar-refractivity contribution is 5.94. The first-order valence-corrected chi connectivity index (χ1v) is 5.72. The second-order valence-electron chi connectivity index (χ2n) is 4.04. The van der Waals surface area contributed by atoms with Crippen molar-refractivity contribution in [2.45, 2.75) is 12.8 Å². The van der Waals surface area contributed by atoms with Gasteiger partial charge in [0.2, 0.25) is 0 Å². The first-order valence-electron chi connectivity index (χ1n) is 5.72. The summed E-state index contributed by atoms with van der Waals surface area (Å²) in [6.07, 6.45) is 5.53. The van der Waals surface area contributed by atoms with Gasteiger partial charge < -0.3 is 4.74 Å². The number of allylic oxidation sites excluding steroid dienone is 4. The lowest BCUT2D eigenvalue weighted by Gasteiger charge is -2.19. The number of ether oxygens (including phenoxy) is 1. The van der Waals surface area contributed by atoms with Gasteiger partial charge in [-0.2, -0.15) is 5.26 Å². The normalized spacial score (nSPS) is 14.2. The monoisotopic (exact) mass is 239 g/mol. The molecule has 0 radical (unpaired) electrons. The second kappa shape index (κ2) is 5.33. The highest BCUT2D eigenvalue weighted by Crippen LogP contribution is 2.33. The van der Waals surface area contributed by atoms with Crippen molar-refractivity contribution in [1.82, 2.24) is 0 Å². The Labute approximate surface area is 106 Å². The SMILES string of the molecule is COc1ccc2c(c1)C(/C=C/C#N)=C(C=O)CC2. The number of fused-ring (bicyclic) bond motifs is 1. The van der Waals surface area contributed by atoms with Crippen LogP contribution in [-0.4, -0.2) is 13.4 Å². The van der Waals surface area contributed by atoms with Crippen LogP contribution < -0.4 is 4.74 Å². The molecule has 0 N–H and O–H groups in total. The van der Waals surface area contributed by atoms with Crippen LogP contribution in [0.3, 0.4) is 0 Å². The van der Waals surface area contributed by atoms with Crippen molar-refractivity contribution >= 4 is 11.9 Å². The van der Waals surface area contributed by atoms with E-state index in [1.807, 2.05) is 24.3 Å². The lowest BCUT2D eigenvalue weighted by atomic mass is 9.85. The zero-order valence-corrected chi connectivity index (χ0v) is 10.1. The Kier molecular flexibility index (Phi) is 3.59. The Morgan fingerprint density at radius 3 is 2.89 bits per heavy atom. The van der Waals surface area contributed by atoms with Crippen molar-refractivity contribution in [3.8, 4) is 11.8 Å². The largest absolute Gasteiger partial charge is 0.497 e. The van der Waals surface area contributed by atoms with Crippen molar-refractivity contribution in [2.24, 2.45) is 0 Å². The van der Waals surface area contributed by atoms with Crippen LogP contribution in [0.2, 0.25) is 0 Å². The third-order valence-electron chi connectivity index (χ3n) is 3.08. The molecule has 2 rings (SSSR count). The molecule has 0 atom stereocenters. The molecule has 1 aliphatic carbocycles. The summed E-state index contributed by atoms with van der Waals surface area (Å²) < 4.78 is 5.20. The topological polar surface area (TPSA) is 50.1 Å². The van der Waals surface area contributed by atoms with Crippen LogP contribution >= 0.6 is 0 Å². The molecule has 1 aromatic carbocycles. The summed E-state index contributed by atoms with van der Waals surface area (Å²) in [5.41, 5.74) is 3.72. The number of methoxy groups -OCH3 is 1. The molecule has 90 valence electrons. The summed E-state index contributed by atoms with van der Waals surface area (Å²) in [5, 5.41) is 8.63. The molecule has 0 aromatic heterocycles. The zero-order chi connectivity index (χ0) is 13.0. The number of nitrogens with zero attached hydrogens (tertiary/aromatic N) is 1. The number of benzene rings is 1. The minimum atomic E-state index is 0.716. The van der Waals surface area contributed by atoms with Crippen LogP contribution in [0.5, 0.6) is 5.75 Å². The van der Waals surface area contributed by atoms with Gasteiger partial charge >= 0.3 is 0 Å². The number of carbonyl (C=O) groups is 1. The van der Waals surface area contributed by atoms with E-state index in [1.165, 1.54) is 11.6 Å². The Morgan fingerprint density at radius 2 is 2.22 bits per heavy atom. The van der Waals surface area contributed by atoms with E-state index >= 15 is 0 Å². The van der Waals surface area contributed by atoms with Gasteiger partial charge in [-0.15, -0.1) is 0 Å². The van der Waals surface area contributed by atoms with Crippen LogP contribution in [0.1, 0.15) is 17.5 Å². The summed E-state index contributed by atoms with van der Waals surface area (Å²) in [4.78, 5) is 11.1. The number of nitriles is 1. The molecule has 0 saturated heterocycles. The average molecular weight is 239 g/mol. The van der Waals surface area contributed by atoms with Crippen molar-refractivity contribution in [3.63, 3.8) is 0 Å². The summed E-state index contributed by atoms with van der Waals surface area (Å²) in [6, 6.07) is 7.79. The summed E-state index contributed by atoms with van der Waals surface area (Å²) in [5.74, 6) is 0.753. The van der Waals surface area contributed by atoms with Crippen LogP contribution in [0.15, 0.2) is 35.9 Å². The third kappa shape index (κ3) is 2.18. The molecule has 0 saturated carbocycles. The molecule has 1 aromatic rings. The van der Waals surface area contributed by atoms with Crippen LogP contribution in [0, 0.1) is 11.3 Å². The molecular weight excluding hydrogens is 226 g/mol. The number of carbonyl (C=O) groups excluding carboxylic acids is 1. The van der Waals surface area contributed by atoms with Gasteiger partial charge in [0.15, 0.2) is 0 Å². The first kappa shape index (κ1) is 12.1. The Balaban J connectivity index is 2.58. The maximum atomic E-state index is 11.1. The van der Waals surface area contributed by atoms with E-state index in [9.17, 15) is 4.79 Å². The van der Waals surface area contributed by atoms with E-state index in [4.69, 9.17) is 10.00 Å².